The summed E-state index contributed by atoms with van der Waals surface area (Å²) < 4.78 is 55.2. The van der Waals surface area contributed by atoms with Gasteiger partial charge in [0.1, 0.15) is 0 Å². The first-order chi connectivity index (χ1) is 13.5. The van der Waals surface area contributed by atoms with Crippen LogP contribution in [0.15, 0.2) is 52.3 Å². The minimum absolute atomic E-state index is 0.174. The number of hydrogen-bond acceptors (Lipinski definition) is 4. The minimum atomic E-state index is -3.75. The fourth-order valence-corrected chi connectivity index (χ4v) is 6.56. The Morgan fingerprint density at radius 1 is 0.828 bits per heavy atom. The van der Waals surface area contributed by atoms with Gasteiger partial charge in [0.25, 0.3) is 10.0 Å². The van der Waals surface area contributed by atoms with Gasteiger partial charge in [-0.05, 0) is 79.6 Å². The number of hydrogen-bond donors (Lipinski definition) is 1. The summed E-state index contributed by atoms with van der Waals surface area (Å²) >= 11 is 0. The van der Waals surface area contributed by atoms with E-state index in [1.165, 1.54) is 28.6 Å². The number of aryl methyl sites for hydroxylation is 2. The van der Waals surface area contributed by atoms with Crippen LogP contribution >= 0.6 is 0 Å². The van der Waals surface area contributed by atoms with Crippen LogP contribution in [0.3, 0.4) is 0 Å². The van der Waals surface area contributed by atoms with E-state index in [9.17, 15) is 16.8 Å². The summed E-state index contributed by atoms with van der Waals surface area (Å²) in [6.45, 7) is 8.91. The van der Waals surface area contributed by atoms with Crippen LogP contribution in [0.2, 0.25) is 0 Å². The first-order valence-electron chi connectivity index (χ1n) is 9.69. The molecule has 2 aromatic rings. The zero-order valence-electron chi connectivity index (χ0n) is 17.2. The van der Waals surface area contributed by atoms with Crippen molar-refractivity contribution in [2.45, 2.75) is 43.9 Å². The molecule has 1 aliphatic heterocycles. The summed E-state index contributed by atoms with van der Waals surface area (Å²) in [7, 11) is -7.34. The summed E-state index contributed by atoms with van der Waals surface area (Å²) in [6.07, 6.45) is 1.02. The summed E-state index contributed by atoms with van der Waals surface area (Å²) in [4.78, 5) is 0.349. The second-order valence-corrected chi connectivity index (χ2v) is 11.8. The SMILES string of the molecule is Cc1ccc(S(=O)(=O)Nc2ccc(S(=O)(=O)N3CC(C)CC(C)C3)cc2)cc1C. The zero-order valence-corrected chi connectivity index (χ0v) is 18.8. The van der Waals surface area contributed by atoms with Crippen LogP contribution in [0.25, 0.3) is 0 Å². The van der Waals surface area contributed by atoms with Crippen LogP contribution in [0.1, 0.15) is 31.4 Å². The van der Waals surface area contributed by atoms with Crippen LogP contribution in [-0.2, 0) is 20.0 Å². The van der Waals surface area contributed by atoms with E-state index in [1.807, 2.05) is 13.8 Å². The lowest BCUT2D eigenvalue weighted by atomic mass is 9.94. The van der Waals surface area contributed by atoms with Crippen LogP contribution in [0.4, 0.5) is 5.69 Å². The lowest BCUT2D eigenvalue weighted by Crippen LogP contribution is -2.42. The molecule has 6 nitrogen and oxygen atoms in total. The molecule has 29 heavy (non-hydrogen) atoms. The van der Waals surface area contributed by atoms with Gasteiger partial charge in [0.05, 0.1) is 9.79 Å². The van der Waals surface area contributed by atoms with Gasteiger partial charge >= 0.3 is 0 Å². The van der Waals surface area contributed by atoms with Gasteiger partial charge in [-0.15, -0.1) is 0 Å². The molecular weight excluding hydrogens is 408 g/mol. The van der Waals surface area contributed by atoms with E-state index in [-0.39, 0.29) is 9.79 Å². The molecule has 8 heteroatoms. The smallest absolute Gasteiger partial charge is 0.261 e. The summed E-state index contributed by atoms with van der Waals surface area (Å²) in [5.41, 5.74) is 2.22. The lowest BCUT2D eigenvalue weighted by Gasteiger charge is -2.34. The van der Waals surface area contributed by atoms with Crippen LogP contribution in [0, 0.1) is 25.7 Å². The van der Waals surface area contributed by atoms with Crippen molar-refractivity contribution in [1.29, 1.82) is 0 Å². The molecule has 1 heterocycles. The van der Waals surface area contributed by atoms with Gasteiger partial charge in [0.15, 0.2) is 0 Å². The third-order valence-electron chi connectivity index (χ3n) is 5.37. The van der Waals surface area contributed by atoms with Crippen molar-refractivity contribution in [3.8, 4) is 0 Å². The molecule has 1 N–H and O–H groups in total. The van der Waals surface area contributed by atoms with Crippen molar-refractivity contribution in [1.82, 2.24) is 4.31 Å². The standard InChI is InChI=1S/C21H28N2O4S2/c1-15-11-16(2)14-23(13-15)29(26,27)20-9-6-19(7-10-20)22-28(24,25)21-8-5-17(3)18(4)12-21/h5-10,12,15-16,22H,11,13-14H2,1-4H3. The zero-order chi connectivity index (χ0) is 21.4. The normalized spacial score (nSPS) is 21.1. The van der Waals surface area contributed by atoms with Gasteiger partial charge in [-0.1, -0.05) is 19.9 Å². The van der Waals surface area contributed by atoms with E-state index in [0.717, 1.165) is 17.5 Å². The van der Waals surface area contributed by atoms with Crippen molar-refractivity contribution in [3.05, 3.63) is 53.6 Å². The van der Waals surface area contributed by atoms with Crippen molar-refractivity contribution in [2.75, 3.05) is 17.8 Å². The number of sulfonamides is 2. The Morgan fingerprint density at radius 3 is 1.93 bits per heavy atom. The van der Waals surface area contributed by atoms with Crippen molar-refractivity contribution in [3.63, 3.8) is 0 Å². The van der Waals surface area contributed by atoms with Crippen LogP contribution < -0.4 is 4.72 Å². The van der Waals surface area contributed by atoms with Crippen molar-refractivity contribution < 1.29 is 16.8 Å². The Balaban J connectivity index is 1.80. The molecule has 2 atom stereocenters. The second kappa shape index (κ2) is 8.08. The molecule has 2 aromatic carbocycles. The van der Waals surface area contributed by atoms with E-state index in [1.54, 1.807) is 18.2 Å². The lowest BCUT2D eigenvalue weighted by molar-refractivity contribution is 0.222. The molecule has 1 aliphatic rings. The molecule has 3 rings (SSSR count). The molecule has 0 amide bonds. The molecule has 1 fully saturated rings. The molecular formula is C21H28N2O4S2. The summed E-state index contributed by atoms with van der Waals surface area (Å²) in [5.74, 6) is 0.634. The van der Waals surface area contributed by atoms with Gasteiger partial charge in [-0.2, -0.15) is 4.31 Å². The molecule has 2 unspecified atom stereocenters. The third kappa shape index (κ3) is 4.82. The largest absolute Gasteiger partial charge is 0.280 e. The number of rotatable bonds is 5. The monoisotopic (exact) mass is 436 g/mol. The average molecular weight is 437 g/mol. The summed E-state index contributed by atoms with van der Waals surface area (Å²) in [5, 5.41) is 0. The topological polar surface area (TPSA) is 83.5 Å². The molecule has 0 aliphatic carbocycles. The van der Waals surface area contributed by atoms with Gasteiger partial charge in [0, 0.05) is 18.8 Å². The fourth-order valence-electron chi connectivity index (χ4n) is 3.74. The minimum Gasteiger partial charge on any atom is -0.280 e. The highest BCUT2D eigenvalue weighted by Gasteiger charge is 2.31. The third-order valence-corrected chi connectivity index (χ3v) is 8.59. The highest BCUT2D eigenvalue weighted by Crippen LogP contribution is 2.27. The molecule has 0 spiro atoms. The first-order valence-corrected chi connectivity index (χ1v) is 12.6. The predicted molar refractivity (Wildman–Crippen MR) is 115 cm³/mol. The van der Waals surface area contributed by atoms with Gasteiger partial charge < -0.3 is 0 Å². The predicted octanol–water partition coefficient (Wildman–Crippen LogP) is 3.77. The quantitative estimate of drug-likeness (QED) is 0.773. The average Bonchev–Trinajstić information content (AvgIpc) is 2.63. The van der Waals surface area contributed by atoms with E-state index < -0.39 is 20.0 Å². The maximum Gasteiger partial charge on any atom is 0.261 e. The first kappa shape index (κ1) is 21.8. The molecule has 0 aromatic heterocycles. The number of nitrogens with one attached hydrogen (secondary N) is 1. The van der Waals surface area contributed by atoms with E-state index in [0.29, 0.717) is 30.6 Å². The number of piperidine rings is 1. The Kier molecular flexibility index (Phi) is 6.08. The fraction of sp³-hybridized carbons (Fsp3) is 0.429. The van der Waals surface area contributed by atoms with Crippen molar-refractivity contribution in [2.24, 2.45) is 11.8 Å². The molecule has 1 saturated heterocycles. The summed E-state index contributed by atoms with van der Waals surface area (Å²) in [6, 6.07) is 10.8. The molecule has 0 bridgehead atoms. The van der Waals surface area contributed by atoms with E-state index in [2.05, 4.69) is 18.6 Å². The molecule has 0 radical (unpaired) electrons. The Hall–Kier alpha value is -1.90. The molecule has 158 valence electrons. The van der Waals surface area contributed by atoms with Crippen molar-refractivity contribution >= 4 is 25.7 Å². The Labute approximate surface area is 174 Å². The number of nitrogens with zero attached hydrogens (tertiary/aromatic N) is 1. The maximum atomic E-state index is 13.0. The number of anilines is 1. The van der Waals surface area contributed by atoms with Crippen LogP contribution in [-0.4, -0.2) is 34.2 Å². The Morgan fingerprint density at radius 2 is 1.38 bits per heavy atom. The number of benzene rings is 2. The highest BCUT2D eigenvalue weighted by atomic mass is 32.2. The highest BCUT2D eigenvalue weighted by molar-refractivity contribution is 7.92. The van der Waals surface area contributed by atoms with Crippen LogP contribution in [0.5, 0.6) is 0 Å². The van der Waals surface area contributed by atoms with Gasteiger partial charge in [-0.3, -0.25) is 4.72 Å². The van der Waals surface area contributed by atoms with E-state index in [4.69, 9.17) is 0 Å². The Bertz CT molecular complexity index is 1080. The maximum absolute atomic E-state index is 13.0. The van der Waals surface area contributed by atoms with E-state index >= 15 is 0 Å². The van der Waals surface area contributed by atoms with Gasteiger partial charge in [0.2, 0.25) is 10.0 Å². The molecule has 0 saturated carbocycles. The van der Waals surface area contributed by atoms with Gasteiger partial charge in [-0.25, -0.2) is 16.8 Å². The second-order valence-electron chi connectivity index (χ2n) is 8.14.